The van der Waals surface area contributed by atoms with Crippen molar-refractivity contribution in [3.63, 3.8) is 0 Å². The Morgan fingerprint density at radius 1 is 1.20 bits per heavy atom. The number of nitriles is 1. The summed E-state index contributed by atoms with van der Waals surface area (Å²) in [6.07, 6.45) is 1.60. The fourth-order valence-corrected chi connectivity index (χ4v) is 7.29. The van der Waals surface area contributed by atoms with E-state index in [1.54, 1.807) is 6.07 Å². The maximum Gasteiger partial charge on any atom is 0.291 e. The zero-order valence-electron chi connectivity index (χ0n) is 21.5. The van der Waals surface area contributed by atoms with Crippen molar-refractivity contribution < 1.29 is 22.0 Å². The number of nitrogens with one attached hydrogen (secondary N) is 1. The minimum Gasteiger partial charge on any atom is -0.345 e. The molecular formula is C25H23F2N9O3S2. The highest BCUT2D eigenvalue weighted by Gasteiger charge is 2.47. The molecule has 3 fully saturated rings. The van der Waals surface area contributed by atoms with Gasteiger partial charge in [0.05, 0.1) is 28.4 Å². The second-order valence-corrected chi connectivity index (χ2v) is 13.3. The third-order valence-corrected chi connectivity index (χ3v) is 10.2. The van der Waals surface area contributed by atoms with Gasteiger partial charge in [-0.15, -0.1) is 10.2 Å². The summed E-state index contributed by atoms with van der Waals surface area (Å²) in [6, 6.07) is 6.43. The number of hydrogen-bond donors (Lipinski definition) is 1. The molecule has 0 spiro atoms. The van der Waals surface area contributed by atoms with Crippen LogP contribution in [0.1, 0.15) is 37.1 Å². The highest BCUT2D eigenvalue weighted by molar-refractivity contribution is 7.89. The number of aromatic nitrogens is 5. The summed E-state index contributed by atoms with van der Waals surface area (Å²) >= 11 is 0.667. The Bertz CT molecular complexity index is 1860. The fraction of sp³-hybridized carbons (Fsp3) is 0.440. The van der Waals surface area contributed by atoms with Gasteiger partial charge in [0.2, 0.25) is 21.1 Å². The summed E-state index contributed by atoms with van der Waals surface area (Å²) in [5.41, 5.74) is -0.478. The zero-order chi connectivity index (χ0) is 28.5. The van der Waals surface area contributed by atoms with Crippen molar-refractivity contribution in [2.75, 3.05) is 31.1 Å². The molecule has 1 amide bonds. The average Bonchev–Trinajstić information content (AvgIpc) is 3.85. The minimum atomic E-state index is -4.09. The van der Waals surface area contributed by atoms with E-state index in [1.165, 1.54) is 23.0 Å². The first-order chi connectivity index (χ1) is 19.7. The van der Waals surface area contributed by atoms with Crippen LogP contribution in [0.2, 0.25) is 0 Å². The summed E-state index contributed by atoms with van der Waals surface area (Å²) in [5, 5.41) is 17.7. The number of hydrogen-bond acceptors (Lipinski definition) is 10. The molecule has 0 unspecified atom stereocenters. The van der Waals surface area contributed by atoms with Crippen molar-refractivity contribution in [1.82, 2.24) is 34.4 Å². The number of benzene rings is 1. The van der Waals surface area contributed by atoms with Gasteiger partial charge in [-0.25, -0.2) is 27.2 Å². The number of alkyl halides is 2. The van der Waals surface area contributed by atoms with Crippen molar-refractivity contribution in [3.05, 3.63) is 29.5 Å². The first kappa shape index (κ1) is 26.1. The minimum absolute atomic E-state index is 0.00435. The SMILES string of the molecule is N#CC1(NS(=O)(=O)c2ccc3c4c(N5CCN(CC6CC6)C(=O)C5)ncnc4n(-c4nnc(C(F)F)s4)c3c2)CC1. The third-order valence-electron chi connectivity index (χ3n) is 7.70. The van der Waals surface area contributed by atoms with E-state index >= 15 is 0 Å². The largest absolute Gasteiger partial charge is 0.345 e. The van der Waals surface area contributed by atoms with Crippen LogP contribution in [0.5, 0.6) is 0 Å². The molecule has 12 nitrogen and oxygen atoms in total. The van der Waals surface area contributed by atoms with Crippen molar-refractivity contribution in [2.24, 2.45) is 5.92 Å². The molecule has 1 saturated heterocycles. The summed E-state index contributed by atoms with van der Waals surface area (Å²) in [7, 11) is -4.09. The van der Waals surface area contributed by atoms with Gasteiger partial charge in [0, 0.05) is 25.0 Å². The Morgan fingerprint density at radius 3 is 2.66 bits per heavy atom. The predicted molar refractivity (Wildman–Crippen MR) is 144 cm³/mol. The Hall–Kier alpha value is -3.81. The molecule has 212 valence electrons. The van der Waals surface area contributed by atoms with Crippen LogP contribution >= 0.6 is 11.3 Å². The van der Waals surface area contributed by atoms with Gasteiger partial charge in [-0.1, -0.05) is 17.4 Å². The summed E-state index contributed by atoms with van der Waals surface area (Å²) in [5.74, 6) is 1.05. The molecule has 41 heavy (non-hydrogen) atoms. The fourth-order valence-electron chi connectivity index (χ4n) is 5.18. The number of piperazine rings is 1. The molecule has 1 aliphatic heterocycles. The van der Waals surface area contributed by atoms with Crippen molar-refractivity contribution >= 4 is 55.0 Å². The van der Waals surface area contributed by atoms with E-state index in [9.17, 15) is 27.3 Å². The Labute approximate surface area is 236 Å². The van der Waals surface area contributed by atoms with E-state index in [0.29, 0.717) is 70.9 Å². The van der Waals surface area contributed by atoms with Crippen LogP contribution in [-0.4, -0.2) is 75.7 Å². The lowest BCUT2D eigenvalue weighted by molar-refractivity contribution is -0.131. The van der Waals surface area contributed by atoms with Crippen LogP contribution in [0.4, 0.5) is 14.6 Å². The molecule has 4 aromatic rings. The van der Waals surface area contributed by atoms with E-state index in [4.69, 9.17) is 0 Å². The highest BCUT2D eigenvalue weighted by atomic mass is 32.2. The maximum atomic E-state index is 13.4. The van der Waals surface area contributed by atoms with E-state index in [2.05, 4.69) is 24.9 Å². The lowest BCUT2D eigenvalue weighted by Crippen LogP contribution is -2.51. The van der Waals surface area contributed by atoms with Crippen molar-refractivity contribution in [1.29, 1.82) is 5.26 Å². The molecule has 7 rings (SSSR count). The maximum absolute atomic E-state index is 13.4. The number of carbonyl (C=O) groups is 1. The highest BCUT2D eigenvalue weighted by Crippen LogP contribution is 2.40. The Morgan fingerprint density at radius 2 is 2.00 bits per heavy atom. The Kier molecular flexibility index (Phi) is 5.96. The summed E-state index contributed by atoms with van der Waals surface area (Å²) < 4.78 is 57.3. The van der Waals surface area contributed by atoms with Crippen molar-refractivity contribution in [3.8, 4) is 11.2 Å². The molecule has 0 radical (unpaired) electrons. The molecule has 1 N–H and O–H groups in total. The number of nitrogens with zero attached hydrogens (tertiary/aromatic N) is 8. The van der Waals surface area contributed by atoms with Gasteiger partial charge in [-0.05, 0) is 43.7 Å². The number of fused-ring (bicyclic) bond motifs is 3. The van der Waals surface area contributed by atoms with Gasteiger partial charge in [-0.2, -0.15) is 9.98 Å². The van der Waals surface area contributed by atoms with Crippen LogP contribution in [0, 0.1) is 17.2 Å². The quantitative estimate of drug-likeness (QED) is 0.323. The molecule has 3 aromatic heterocycles. The standard InChI is InChI=1S/C25H23F2N9O3S2/c26-20(27)23-31-32-24(40-23)36-17-9-15(41(38,39)33-25(12-28)5-6-25)3-4-16(17)19-21(29-13-30-22(19)36)35-8-7-34(18(37)11-35)10-14-1-2-14/h3-4,9,13-14,20,33H,1-2,5-8,10-11H2. The number of halogens is 2. The topological polar surface area (TPSA) is 150 Å². The van der Waals surface area contributed by atoms with Crippen molar-refractivity contribution in [2.45, 2.75) is 42.5 Å². The molecule has 3 aliphatic rings. The molecule has 0 atom stereocenters. The predicted octanol–water partition coefficient (Wildman–Crippen LogP) is 2.76. The van der Waals surface area contributed by atoms with Gasteiger partial charge in [0.1, 0.15) is 17.7 Å². The van der Waals surface area contributed by atoms with Crippen LogP contribution < -0.4 is 9.62 Å². The van der Waals surface area contributed by atoms with Gasteiger partial charge >= 0.3 is 0 Å². The second kappa shape index (κ2) is 9.36. The van der Waals surface area contributed by atoms with Crippen LogP contribution in [0.25, 0.3) is 27.1 Å². The van der Waals surface area contributed by atoms with Gasteiger partial charge in [0.25, 0.3) is 6.43 Å². The van der Waals surface area contributed by atoms with E-state index in [-0.39, 0.29) is 22.5 Å². The number of rotatable bonds is 8. The lowest BCUT2D eigenvalue weighted by Gasteiger charge is -2.35. The van der Waals surface area contributed by atoms with Gasteiger partial charge < -0.3 is 9.80 Å². The molecular weight excluding hydrogens is 576 g/mol. The number of anilines is 1. The number of carbonyl (C=O) groups excluding carboxylic acids is 1. The molecule has 0 bridgehead atoms. The number of amides is 1. The average molecular weight is 600 g/mol. The van der Waals surface area contributed by atoms with E-state index < -0.39 is 27.0 Å². The van der Waals surface area contributed by atoms with Gasteiger partial charge in [-0.3, -0.25) is 9.36 Å². The van der Waals surface area contributed by atoms with Crippen LogP contribution in [0.3, 0.4) is 0 Å². The van der Waals surface area contributed by atoms with E-state index in [1.807, 2.05) is 15.9 Å². The summed E-state index contributed by atoms with van der Waals surface area (Å²) in [4.78, 5) is 25.6. The molecule has 2 aliphatic carbocycles. The zero-order valence-corrected chi connectivity index (χ0v) is 23.1. The summed E-state index contributed by atoms with van der Waals surface area (Å²) in [6.45, 7) is 1.96. The number of sulfonamides is 1. The first-order valence-electron chi connectivity index (χ1n) is 13.1. The first-order valence-corrected chi connectivity index (χ1v) is 15.4. The lowest BCUT2D eigenvalue weighted by atomic mass is 10.2. The Balaban J connectivity index is 1.37. The molecule has 4 heterocycles. The smallest absolute Gasteiger partial charge is 0.291 e. The van der Waals surface area contributed by atoms with Gasteiger partial charge in [0.15, 0.2) is 10.7 Å². The molecule has 1 aromatic carbocycles. The van der Waals surface area contributed by atoms with Crippen LogP contribution in [0.15, 0.2) is 29.4 Å². The molecule has 2 saturated carbocycles. The third kappa shape index (κ3) is 4.57. The molecule has 16 heteroatoms. The van der Waals surface area contributed by atoms with Crippen LogP contribution in [-0.2, 0) is 14.8 Å². The second-order valence-electron chi connectivity index (χ2n) is 10.6. The normalized spacial score (nSPS) is 18.9. The van der Waals surface area contributed by atoms with E-state index in [0.717, 1.165) is 19.4 Å². The monoisotopic (exact) mass is 599 g/mol.